The fourth-order valence-corrected chi connectivity index (χ4v) is 3.11. The SMILES string of the molecule is CCN1C(=O)CC(NC(C)Cc2cccs2)C1=O. The standard InChI is InChI=1S/C13H18N2O2S/c1-3-15-12(16)8-11(13(15)17)14-9(2)7-10-5-4-6-18-10/h4-6,9,11,14H,3,7-8H2,1-2H3. The molecule has 2 amide bonds. The van der Waals surface area contributed by atoms with E-state index in [2.05, 4.69) is 11.4 Å². The summed E-state index contributed by atoms with van der Waals surface area (Å²) in [4.78, 5) is 26.1. The largest absolute Gasteiger partial charge is 0.303 e. The molecule has 2 atom stereocenters. The van der Waals surface area contributed by atoms with Gasteiger partial charge in [0, 0.05) is 17.5 Å². The number of imide groups is 1. The van der Waals surface area contributed by atoms with Gasteiger partial charge in [0.05, 0.1) is 12.5 Å². The number of rotatable bonds is 5. The molecule has 1 fully saturated rings. The van der Waals surface area contributed by atoms with E-state index in [4.69, 9.17) is 0 Å². The predicted octanol–water partition coefficient (Wildman–Crippen LogP) is 1.42. The molecule has 1 aliphatic rings. The fraction of sp³-hybridized carbons (Fsp3) is 0.538. The molecule has 1 N–H and O–H groups in total. The lowest BCUT2D eigenvalue weighted by molar-refractivity contribution is -0.138. The summed E-state index contributed by atoms with van der Waals surface area (Å²) in [7, 11) is 0. The number of hydrogen-bond acceptors (Lipinski definition) is 4. The van der Waals surface area contributed by atoms with E-state index in [0.29, 0.717) is 13.0 Å². The Labute approximate surface area is 111 Å². The molecule has 0 saturated carbocycles. The first-order chi connectivity index (χ1) is 8.61. The molecule has 1 aromatic rings. The van der Waals surface area contributed by atoms with E-state index in [-0.39, 0.29) is 23.9 Å². The van der Waals surface area contributed by atoms with Crippen LogP contribution in [0.5, 0.6) is 0 Å². The normalized spacial score (nSPS) is 21.7. The van der Waals surface area contributed by atoms with Crippen LogP contribution in [0.25, 0.3) is 0 Å². The van der Waals surface area contributed by atoms with Crippen molar-refractivity contribution in [2.45, 2.75) is 38.8 Å². The van der Waals surface area contributed by atoms with Gasteiger partial charge in [0.15, 0.2) is 0 Å². The van der Waals surface area contributed by atoms with Crippen molar-refractivity contribution in [3.05, 3.63) is 22.4 Å². The topological polar surface area (TPSA) is 49.4 Å². The highest BCUT2D eigenvalue weighted by Gasteiger charge is 2.37. The average Bonchev–Trinajstić information content (AvgIpc) is 2.89. The van der Waals surface area contributed by atoms with E-state index < -0.39 is 0 Å². The zero-order chi connectivity index (χ0) is 13.1. The number of carbonyl (C=O) groups is 2. The third kappa shape index (κ3) is 2.79. The highest BCUT2D eigenvalue weighted by Crippen LogP contribution is 2.15. The van der Waals surface area contributed by atoms with Crippen LogP contribution in [0.4, 0.5) is 0 Å². The van der Waals surface area contributed by atoms with Crippen LogP contribution in [-0.2, 0) is 16.0 Å². The van der Waals surface area contributed by atoms with Crippen LogP contribution >= 0.6 is 11.3 Å². The molecule has 0 spiro atoms. The van der Waals surface area contributed by atoms with E-state index in [0.717, 1.165) is 6.42 Å². The molecule has 2 heterocycles. The molecule has 4 nitrogen and oxygen atoms in total. The first-order valence-electron chi connectivity index (χ1n) is 6.24. The van der Waals surface area contributed by atoms with Crippen LogP contribution in [0.3, 0.4) is 0 Å². The summed E-state index contributed by atoms with van der Waals surface area (Å²) in [5, 5.41) is 5.30. The van der Waals surface area contributed by atoms with Gasteiger partial charge in [-0.2, -0.15) is 0 Å². The molecule has 1 aromatic heterocycles. The Morgan fingerprint density at radius 1 is 1.56 bits per heavy atom. The van der Waals surface area contributed by atoms with Crippen LogP contribution in [0, 0.1) is 0 Å². The van der Waals surface area contributed by atoms with E-state index in [9.17, 15) is 9.59 Å². The number of hydrogen-bond donors (Lipinski definition) is 1. The molecule has 98 valence electrons. The summed E-state index contributed by atoms with van der Waals surface area (Å²) >= 11 is 1.71. The number of nitrogens with one attached hydrogen (secondary N) is 1. The fourth-order valence-electron chi connectivity index (χ4n) is 2.28. The van der Waals surface area contributed by atoms with Crippen LogP contribution in [-0.4, -0.2) is 35.3 Å². The van der Waals surface area contributed by atoms with Gasteiger partial charge >= 0.3 is 0 Å². The lowest BCUT2D eigenvalue weighted by atomic mass is 10.1. The van der Waals surface area contributed by atoms with Crippen LogP contribution in [0.2, 0.25) is 0 Å². The number of nitrogens with zero attached hydrogens (tertiary/aromatic N) is 1. The van der Waals surface area contributed by atoms with Crippen molar-refractivity contribution in [1.82, 2.24) is 10.2 Å². The quantitative estimate of drug-likeness (QED) is 0.820. The summed E-state index contributed by atoms with van der Waals surface area (Å²) in [6.07, 6.45) is 1.18. The van der Waals surface area contributed by atoms with Crippen LogP contribution < -0.4 is 5.32 Å². The smallest absolute Gasteiger partial charge is 0.246 e. The minimum atomic E-state index is -0.340. The van der Waals surface area contributed by atoms with Gasteiger partial charge in [0.2, 0.25) is 11.8 Å². The Morgan fingerprint density at radius 3 is 2.89 bits per heavy atom. The first kappa shape index (κ1) is 13.2. The highest BCUT2D eigenvalue weighted by atomic mass is 32.1. The molecule has 0 aliphatic carbocycles. The van der Waals surface area contributed by atoms with Crippen molar-refractivity contribution >= 4 is 23.2 Å². The third-order valence-corrected chi connectivity index (χ3v) is 4.03. The molecule has 0 aromatic carbocycles. The summed E-state index contributed by atoms with van der Waals surface area (Å²) in [5.74, 6) is -0.149. The van der Waals surface area contributed by atoms with Crippen molar-refractivity contribution in [1.29, 1.82) is 0 Å². The maximum Gasteiger partial charge on any atom is 0.246 e. The second kappa shape index (κ2) is 5.63. The van der Waals surface area contributed by atoms with Gasteiger partial charge in [0.1, 0.15) is 0 Å². The van der Waals surface area contributed by atoms with Crippen molar-refractivity contribution < 1.29 is 9.59 Å². The average molecular weight is 266 g/mol. The maximum absolute atomic E-state index is 11.9. The first-order valence-corrected chi connectivity index (χ1v) is 7.12. The number of amides is 2. The highest BCUT2D eigenvalue weighted by molar-refractivity contribution is 7.09. The number of thiophene rings is 1. The van der Waals surface area contributed by atoms with Gasteiger partial charge in [-0.1, -0.05) is 6.07 Å². The molecule has 18 heavy (non-hydrogen) atoms. The molecule has 2 unspecified atom stereocenters. The van der Waals surface area contributed by atoms with Crippen molar-refractivity contribution in [2.75, 3.05) is 6.54 Å². The zero-order valence-electron chi connectivity index (χ0n) is 10.7. The van der Waals surface area contributed by atoms with E-state index in [1.54, 1.807) is 11.3 Å². The third-order valence-electron chi connectivity index (χ3n) is 3.13. The summed E-state index contributed by atoms with van der Waals surface area (Å²) in [6.45, 7) is 4.34. The number of likely N-dealkylation sites (tertiary alicyclic amines) is 1. The molecular weight excluding hydrogens is 248 g/mol. The maximum atomic E-state index is 11.9. The van der Waals surface area contributed by atoms with Gasteiger partial charge in [-0.15, -0.1) is 11.3 Å². The van der Waals surface area contributed by atoms with Crippen molar-refractivity contribution in [3.8, 4) is 0 Å². The van der Waals surface area contributed by atoms with E-state index >= 15 is 0 Å². The van der Waals surface area contributed by atoms with Gasteiger partial charge in [-0.25, -0.2) is 0 Å². The summed E-state index contributed by atoms with van der Waals surface area (Å²) < 4.78 is 0. The molecule has 1 aliphatic heterocycles. The molecule has 0 bridgehead atoms. The Hall–Kier alpha value is -1.20. The van der Waals surface area contributed by atoms with Gasteiger partial charge in [-0.3, -0.25) is 14.5 Å². The van der Waals surface area contributed by atoms with Crippen LogP contribution in [0.1, 0.15) is 25.1 Å². The second-order valence-corrected chi connectivity index (χ2v) is 5.62. The number of carbonyl (C=O) groups excluding carboxylic acids is 2. The molecule has 1 saturated heterocycles. The Kier molecular flexibility index (Phi) is 4.14. The predicted molar refractivity (Wildman–Crippen MR) is 71.4 cm³/mol. The lowest BCUT2D eigenvalue weighted by Gasteiger charge is -2.17. The Balaban J connectivity index is 1.90. The lowest BCUT2D eigenvalue weighted by Crippen LogP contribution is -2.43. The molecule has 5 heteroatoms. The van der Waals surface area contributed by atoms with Crippen molar-refractivity contribution in [2.24, 2.45) is 0 Å². The van der Waals surface area contributed by atoms with Gasteiger partial charge in [0.25, 0.3) is 0 Å². The monoisotopic (exact) mass is 266 g/mol. The summed E-state index contributed by atoms with van der Waals surface area (Å²) in [6, 6.07) is 3.97. The van der Waals surface area contributed by atoms with Crippen LogP contribution in [0.15, 0.2) is 17.5 Å². The number of likely N-dealkylation sites (N-methyl/N-ethyl adjacent to an activating group) is 1. The molecular formula is C13H18N2O2S. The molecule has 0 radical (unpaired) electrons. The van der Waals surface area contributed by atoms with Crippen molar-refractivity contribution in [3.63, 3.8) is 0 Å². The van der Waals surface area contributed by atoms with E-state index in [1.807, 2.05) is 25.3 Å². The van der Waals surface area contributed by atoms with E-state index in [1.165, 1.54) is 9.78 Å². The second-order valence-electron chi connectivity index (χ2n) is 4.58. The van der Waals surface area contributed by atoms with Gasteiger partial charge in [-0.05, 0) is 31.7 Å². The zero-order valence-corrected chi connectivity index (χ0v) is 11.5. The minimum Gasteiger partial charge on any atom is -0.303 e. The minimum absolute atomic E-state index is 0.0664. The van der Waals surface area contributed by atoms with Gasteiger partial charge < -0.3 is 5.32 Å². The Morgan fingerprint density at radius 2 is 2.33 bits per heavy atom. The Bertz CT molecular complexity index is 430. The molecule has 2 rings (SSSR count). The summed E-state index contributed by atoms with van der Waals surface area (Å²) in [5.41, 5.74) is 0.